The molecule has 6 nitrogen and oxygen atoms in total. The number of fused-ring (bicyclic) bond motifs is 1. The topological polar surface area (TPSA) is 62.5 Å². The summed E-state index contributed by atoms with van der Waals surface area (Å²) in [6.07, 6.45) is -1.84. The number of rotatable bonds is 4. The van der Waals surface area contributed by atoms with Crippen LogP contribution in [-0.4, -0.2) is 44.5 Å². The number of anilines is 1. The highest BCUT2D eigenvalue weighted by molar-refractivity contribution is 6.30. The van der Waals surface area contributed by atoms with Crippen molar-refractivity contribution in [3.05, 3.63) is 59.0 Å². The molecule has 0 unspecified atom stereocenters. The molecular formula is C21H21ClF3N5O. The summed E-state index contributed by atoms with van der Waals surface area (Å²) in [6.45, 7) is 3.03. The number of pyridine rings is 1. The lowest BCUT2D eigenvalue weighted by Gasteiger charge is -2.35. The first-order chi connectivity index (χ1) is 14.7. The minimum absolute atomic E-state index is 0.131. The van der Waals surface area contributed by atoms with E-state index in [-0.39, 0.29) is 11.8 Å². The number of alkyl halides is 3. The molecule has 1 aliphatic heterocycles. The van der Waals surface area contributed by atoms with Crippen LogP contribution in [0.3, 0.4) is 0 Å². The third kappa shape index (κ3) is 4.67. The molecule has 0 aliphatic carbocycles. The van der Waals surface area contributed by atoms with E-state index in [0.717, 1.165) is 25.1 Å². The van der Waals surface area contributed by atoms with Crippen molar-refractivity contribution in [3.63, 3.8) is 0 Å². The van der Waals surface area contributed by atoms with E-state index in [2.05, 4.69) is 15.5 Å². The average Bonchev–Trinajstić information content (AvgIpc) is 3.16. The van der Waals surface area contributed by atoms with Gasteiger partial charge in [0.25, 0.3) is 0 Å². The molecule has 0 spiro atoms. The lowest BCUT2D eigenvalue weighted by molar-refractivity contribution is -0.137. The van der Waals surface area contributed by atoms with E-state index in [0.29, 0.717) is 35.3 Å². The van der Waals surface area contributed by atoms with Crippen LogP contribution in [0.2, 0.25) is 5.02 Å². The molecule has 0 radical (unpaired) electrons. The van der Waals surface area contributed by atoms with E-state index in [1.54, 1.807) is 24.3 Å². The van der Waals surface area contributed by atoms with Crippen LogP contribution < -0.4 is 5.32 Å². The predicted octanol–water partition coefficient (Wildman–Crippen LogP) is 4.61. The third-order valence-electron chi connectivity index (χ3n) is 5.59. The minimum atomic E-state index is -4.44. The summed E-state index contributed by atoms with van der Waals surface area (Å²) in [7, 11) is 0. The van der Waals surface area contributed by atoms with Crippen molar-refractivity contribution in [2.24, 2.45) is 0 Å². The monoisotopic (exact) mass is 451 g/mol. The SMILES string of the molecule is C[C@@H](C(=O)Nc1cccc(Cl)c1)N1CCC[C@@H](c2nnc3ccc(C(F)(F)F)cn23)C1. The van der Waals surface area contributed by atoms with Crippen molar-refractivity contribution in [1.29, 1.82) is 0 Å². The number of piperidine rings is 1. The molecule has 4 rings (SSSR count). The minimum Gasteiger partial charge on any atom is -0.325 e. The first-order valence-electron chi connectivity index (χ1n) is 9.95. The maximum Gasteiger partial charge on any atom is 0.417 e. The second-order valence-electron chi connectivity index (χ2n) is 7.71. The molecule has 1 fully saturated rings. The highest BCUT2D eigenvalue weighted by atomic mass is 35.5. The first-order valence-corrected chi connectivity index (χ1v) is 10.3. The van der Waals surface area contributed by atoms with E-state index in [9.17, 15) is 18.0 Å². The van der Waals surface area contributed by atoms with Gasteiger partial charge in [0.2, 0.25) is 5.91 Å². The maximum atomic E-state index is 13.1. The zero-order valence-corrected chi connectivity index (χ0v) is 17.5. The number of halogens is 4. The second kappa shape index (κ2) is 8.47. The fraction of sp³-hybridized carbons (Fsp3) is 0.381. The molecule has 1 amide bonds. The van der Waals surface area contributed by atoms with Gasteiger partial charge in [0.05, 0.1) is 11.6 Å². The van der Waals surface area contributed by atoms with Gasteiger partial charge in [-0.25, -0.2) is 0 Å². The van der Waals surface area contributed by atoms with Gasteiger partial charge >= 0.3 is 6.18 Å². The van der Waals surface area contributed by atoms with Gasteiger partial charge in [0, 0.05) is 29.4 Å². The van der Waals surface area contributed by atoms with E-state index in [1.807, 2.05) is 11.8 Å². The van der Waals surface area contributed by atoms with Crippen LogP contribution in [0.1, 0.15) is 37.1 Å². The van der Waals surface area contributed by atoms with Crippen molar-refractivity contribution in [2.45, 2.75) is 37.9 Å². The Balaban J connectivity index is 1.51. The fourth-order valence-corrected chi connectivity index (χ4v) is 4.09. The Kier molecular flexibility index (Phi) is 5.90. The standard InChI is InChI=1S/C21H21ClF3N5O/c1-13(20(31)26-17-6-2-5-16(22)10-17)29-9-3-4-14(11-29)19-28-27-18-8-7-15(12-30(18)19)21(23,24)25/h2,5-8,10,12-14H,3-4,9,11H2,1H3,(H,26,31)/t13-,14+/m0/s1. The number of nitrogens with zero attached hydrogens (tertiary/aromatic N) is 4. The molecule has 164 valence electrons. The van der Waals surface area contributed by atoms with E-state index in [4.69, 9.17) is 11.6 Å². The van der Waals surface area contributed by atoms with Crippen LogP contribution in [0.25, 0.3) is 5.65 Å². The van der Waals surface area contributed by atoms with Crippen LogP contribution >= 0.6 is 11.6 Å². The number of hydrogen-bond donors (Lipinski definition) is 1. The molecule has 1 saturated heterocycles. The van der Waals surface area contributed by atoms with Gasteiger partial charge in [-0.3, -0.25) is 14.1 Å². The summed E-state index contributed by atoms with van der Waals surface area (Å²) < 4.78 is 40.8. The first kappa shape index (κ1) is 21.6. The summed E-state index contributed by atoms with van der Waals surface area (Å²) in [4.78, 5) is 14.7. The zero-order valence-electron chi connectivity index (χ0n) is 16.7. The molecular weight excluding hydrogens is 431 g/mol. The zero-order chi connectivity index (χ0) is 22.2. The lowest BCUT2D eigenvalue weighted by Crippen LogP contribution is -2.46. The third-order valence-corrected chi connectivity index (χ3v) is 5.83. The Morgan fingerprint density at radius 3 is 2.81 bits per heavy atom. The van der Waals surface area contributed by atoms with Crippen molar-refractivity contribution >= 4 is 28.8 Å². The highest BCUT2D eigenvalue weighted by Crippen LogP contribution is 2.32. The number of carbonyl (C=O) groups is 1. The van der Waals surface area contributed by atoms with E-state index < -0.39 is 17.8 Å². The molecule has 3 heterocycles. The molecule has 1 aliphatic rings. The largest absolute Gasteiger partial charge is 0.417 e. The van der Waals surface area contributed by atoms with Crippen molar-refractivity contribution in [1.82, 2.24) is 19.5 Å². The maximum absolute atomic E-state index is 13.1. The summed E-state index contributed by atoms with van der Waals surface area (Å²) in [5.41, 5.74) is 0.232. The number of carbonyl (C=O) groups excluding carboxylic acids is 1. The van der Waals surface area contributed by atoms with Gasteiger partial charge in [0.15, 0.2) is 5.65 Å². The average molecular weight is 452 g/mol. The van der Waals surface area contributed by atoms with Gasteiger partial charge in [-0.05, 0) is 56.6 Å². The molecule has 2 atom stereocenters. The molecule has 10 heteroatoms. The van der Waals surface area contributed by atoms with Crippen molar-refractivity contribution in [3.8, 4) is 0 Å². The Bertz CT molecular complexity index is 1100. The summed E-state index contributed by atoms with van der Waals surface area (Å²) in [5.74, 6) is 0.176. The van der Waals surface area contributed by atoms with Crippen molar-refractivity contribution in [2.75, 3.05) is 18.4 Å². The number of nitrogens with one attached hydrogen (secondary N) is 1. The highest BCUT2D eigenvalue weighted by Gasteiger charge is 2.33. The fourth-order valence-electron chi connectivity index (χ4n) is 3.90. The molecule has 2 aromatic heterocycles. The lowest BCUT2D eigenvalue weighted by atomic mass is 9.96. The van der Waals surface area contributed by atoms with Gasteiger partial charge in [-0.1, -0.05) is 17.7 Å². The normalized spacial score (nSPS) is 18.8. The number of aromatic nitrogens is 3. The van der Waals surface area contributed by atoms with E-state index in [1.165, 1.54) is 10.5 Å². The summed E-state index contributed by atoms with van der Waals surface area (Å²) >= 11 is 5.97. The number of likely N-dealkylation sites (tertiary alicyclic amines) is 1. The Morgan fingerprint density at radius 2 is 2.06 bits per heavy atom. The van der Waals surface area contributed by atoms with Gasteiger partial charge < -0.3 is 5.32 Å². The number of hydrogen-bond acceptors (Lipinski definition) is 4. The molecule has 3 aromatic rings. The quantitative estimate of drug-likeness (QED) is 0.629. The van der Waals surface area contributed by atoms with Gasteiger partial charge in [-0.2, -0.15) is 13.2 Å². The molecule has 0 saturated carbocycles. The summed E-state index contributed by atoms with van der Waals surface area (Å²) in [5, 5.41) is 11.6. The van der Waals surface area contributed by atoms with Gasteiger partial charge in [-0.15, -0.1) is 10.2 Å². The van der Waals surface area contributed by atoms with Crippen LogP contribution in [0.4, 0.5) is 18.9 Å². The number of benzene rings is 1. The predicted molar refractivity (Wildman–Crippen MR) is 111 cm³/mol. The number of amides is 1. The Morgan fingerprint density at radius 1 is 1.26 bits per heavy atom. The van der Waals surface area contributed by atoms with E-state index >= 15 is 0 Å². The molecule has 31 heavy (non-hydrogen) atoms. The molecule has 1 N–H and O–H groups in total. The smallest absolute Gasteiger partial charge is 0.325 e. The van der Waals surface area contributed by atoms with Crippen LogP contribution in [0.15, 0.2) is 42.6 Å². The molecule has 1 aromatic carbocycles. The second-order valence-corrected chi connectivity index (χ2v) is 8.15. The van der Waals surface area contributed by atoms with Crippen LogP contribution in [0.5, 0.6) is 0 Å². The van der Waals surface area contributed by atoms with Crippen LogP contribution in [-0.2, 0) is 11.0 Å². The Hall–Kier alpha value is -2.65. The summed E-state index contributed by atoms with van der Waals surface area (Å²) in [6, 6.07) is 8.81. The van der Waals surface area contributed by atoms with Gasteiger partial charge in [0.1, 0.15) is 5.82 Å². The Labute approximate surface area is 182 Å². The van der Waals surface area contributed by atoms with Crippen molar-refractivity contribution < 1.29 is 18.0 Å². The molecule has 0 bridgehead atoms. The van der Waals surface area contributed by atoms with Crippen LogP contribution in [0, 0.1) is 0 Å².